The number of carbonyl (C=O) groups excluding carboxylic acids is 2. The fourth-order valence-corrected chi connectivity index (χ4v) is 2.11. The summed E-state index contributed by atoms with van der Waals surface area (Å²) in [5, 5.41) is 1.81. The molecule has 2 amide bonds. The maximum atomic E-state index is 12.2. The van der Waals surface area contributed by atoms with Crippen LogP contribution in [-0.2, 0) is 9.63 Å². The number of halogens is 1. The lowest BCUT2D eigenvalue weighted by molar-refractivity contribution is -0.116. The molecule has 2 N–H and O–H groups in total. The fraction of sp³-hybridized carbons (Fsp3) is 0.125. The van der Waals surface area contributed by atoms with Crippen LogP contribution in [0.5, 0.6) is 0 Å². The molecule has 114 valence electrons. The fourth-order valence-electron chi connectivity index (χ4n) is 1.91. The van der Waals surface area contributed by atoms with E-state index in [0.717, 1.165) is 0 Å². The number of benzene rings is 2. The van der Waals surface area contributed by atoms with Gasteiger partial charge in [-0.2, -0.15) is 0 Å². The van der Waals surface area contributed by atoms with Gasteiger partial charge in [0, 0.05) is 0 Å². The summed E-state index contributed by atoms with van der Waals surface area (Å²) in [4.78, 5) is 28.7. The molecule has 0 heterocycles. The first kappa shape index (κ1) is 16.0. The minimum atomic E-state index is -0.847. The number of hydrogen-bond acceptors (Lipinski definition) is 3. The van der Waals surface area contributed by atoms with E-state index in [0.29, 0.717) is 11.3 Å². The molecule has 0 fully saturated rings. The van der Waals surface area contributed by atoms with E-state index in [4.69, 9.17) is 11.6 Å². The van der Waals surface area contributed by atoms with Gasteiger partial charge in [0.25, 0.3) is 5.91 Å². The summed E-state index contributed by atoms with van der Waals surface area (Å²) in [6, 6.07) is 15.6. The average molecular weight is 319 g/mol. The van der Waals surface area contributed by atoms with Gasteiger partial charge >= 0.3 is 0 Å². The summed E-state index contributed by atoms with van der Waals surface area (Å²) in [5.41, 5.74) is 3.55. The van der Waals surface area contributed by atoms with E-state index in [2.05, 4.69) is 15.6 Å². The summed E-state index contributed by atoms with van der Waals surface area (Å²) in [6.07, 6.45) is 0. The third-order valence-electron chi connectivity index (χ3n) is 2.95. The van der Waals surface area contributed by atoms with Crippen molar-refractivity contribution in [3.05, 3.63) is 65.7 Å². The Morgan fingerprint density at radius 1 is 1.05 bits per heavy atom. The maximum Gasteiger partial charge on any atom is 0.276 e. The zero-order valence-electron chi connectivity index (χ0n) is 11.9. The molecule has 6 heteroatoms. The van der Waals surface area contributed by atoms with Gasteiger partial charge in [-0.15, -0.1) is 11.6 Å². The van der Waals surface area contributed by atoms with Crippen LogP contribution in [0.2, 0.25) is 0 Å². The lowest BCUT2D eigenvalue weighted by atomic mass is 10.1. The maximum absolute atomic E-state index is 12.2. The second-order valence-corrected chi connectivity index (χ2v) is 4.88. The summed E-state index contributed by atoms with van der Waals surface area (Å²) < 4.78 is 0. The molecule has 22 heavy (non-hydrogen) atoms. The molecule has 0 aliphatic rings. The van der Waals surface area contributed by atoms with E-state index >= 15 is 0 Å². The molecule has 0 aliphatic heterocycles. The molecule has 0 aromatic heterocycles. The number of hydroxylamine groups is 1. The minimum absolute atomic E-state index is 0.287. The molecule has 2 aromatic rings. The van der Waals surface area contributed by atoms with E-state index in [1.165, 1.54) is 7.11 Å². The molecule has 0 radical (unpaired) electrons. The van der Waals surface area contributed by atoms with Gasteiger partial charge in [-0.3, -0.25) is 14.4 Å². The van der Waals surface area contributed by atoms with Crippen molar-refractivity contribution in [3.8, 4) is 0 Å². The highest BCUT2D eigenvalue weighted by atomic mass is 35.5. The van der Waals surface area contributed by atoms with Gasteiger partial charge in [-0.1, -0.05) is 42.5 Å². The van der Waals surface area contributed by atoms with E-state index < -0.39 is 17.2 Å². The van der Waals surface area contributed by atoms with Crippen LogP contribution in [0.25, 0.3) is 0 Å². The highest BCUT2D eigenvalue weighted by Gasteiger charge is 2.19. The summed E-state index contributed by atoms with van der Waals surface area (Å²) in [7, 11) is 1.34. The molecule has 0 spiro atoms. The van der Waals surface area contributed by atoms with Gasteiger partial charge in [0.15, 0.2) is 0 Å². The molecule has 2 rings (SSSR count). The van der Waals surface area contributed by atoms with Crippen molar-refractivity contribution in [1.29, 1.82) is 0 Å². The Hall–Kier alpha value is -2.37. The SMILES string of the molecule is CONC(=O)c1ccccc1NC(=O)C(Cl)c1ccccc1. The molecule has 1 atom stereocenters. The number of alkyl halides is 1. The largest absolute Gasteiger partial charge is 0.324 e. The average Bonchev–Trinajstić information content (AvgIpc) is 2.55. The summed E-state index contributed by atoms with van der Waals surface area (Å²) in [5.74, 6) is -0.866. The van der Waals surface area contributed by atoms with Crippen molar-refractivity contribution in [2.75, 3.05) is 12.4 Å². The number of nitrogens with one attached hydrogen (secondary N) is 2. The quantitative estimate of drug-likeness (QED) is 0.658. The van der Waals surface area contributed by atoms with Gasteiger partial charge in [0.2, 0.25) is 5.91 Å². The third kappa shape index (κ3) is 3.84. The number of amides is 2. The van der Waals surface area contributed by atoms with E-state index in [9.17, 15) is 9.59 Å². The molecular formula is C16H15ClN2O3. The number of hydrogen-bond donors (Lipinski definition) is 2. The Morgan fingerprint density at radius 2 is 1.68 bits per heavy atom. The number of rotatable bonds is 5. The Labute approximate surface area is 133 Å². The van der Waals surface area contributed by atoms with Crippen molar-refractivity contribution in [2.24, 2.45) is 0 Å². The van der Waals surface area contributed by atoms with Crippen LogP contribution in [-0.4, -0.2) is 18.9 Å². The molecule has 0 saturated heterocycles. The lowest BCUT2D eigenvalue weighted by Gasteiger charge is -2.13. The third-order valence-corrected chi connectivity index (χ3v) is 3.40. The van der Waals surface area contributed by atoms with Gasteiger partial charge in [0.05, 0.1) is 18.4 Å². The molecular weight excluding hydrogens is 304 g/mol. The van der Waals surface area contributed by atoms with E-state index in [-0.39, 0.29) is 5.56 Å². The molecule has 2 aromatic carbocycles. The summed E-state index contributed by atoms with van der Waals surface area (Å²) in [6.45, 7) is 0. The van der Waals surface area contributed by atoms with Gasteiger partial charge in [-0.25, -0.2) is 5.48 Å². The van der Waals surface area contributed by atoms with Crippen molar-refractivity contribution in [1.82, 2.24) is 5.48 Å². The first-order valence-corrected chi connectivity index (χ1v) is 6.99. The lowest BCUT2D eigenvalue weighted by Crippen LogP contribution is -2.25. The van der Waals surface area contributed by atoms with Gasteiger partial charge in [0.1, 0.15) is 5.38 Å². The zero-order valence-corrected chi connectivity index (χ0v) is 12.6. The predicted molar refractivity (Wildman–Crippen MR) is 84.6 cm³/mol. The summed E-state index contributed by atoms with van der Waals surface area (Å²) >= 11 is 6.16. The van der Waals surface area contributed by atoms with Crippen LogP contribution in [0, 0.1) is 0 Å². The van der Waals surface area contributed by atoms with Crippen LogP contribution in [0.3, 0.4) is 0 Å². The van der Waals surface area contributed by atoms with E-state index in [1.54, 1.807) is 48.5 Å². The van der Waals surface area contributed by atoms with E-state index in [1.807, 2.05) is 6.07 Å². The Balaban J connectivity index is 2.17. The Morgan fingerprint density at radius 3 is 2.36 bits per heavy atom. The first-order valence-electron chi connectivity index (χ1n) is 6.55. The molecule has 5 nitrogen and oxygen atoms in total. The molecule has 0 saturated carbocycles. The topological polar surface area (TPSA) is 67.4 Å². The number of carbonyl (C=O) groups is 2. The van der Waals surface area contributed by atoms with Gasteiger partial charge < -0.3 is 5.32 Å². The van der Waals surface area contributed by atoms with Gasteiger partial charge in [-0.05, 0) is 17.7 Å². The Kier molecular flexibility index (Phi) is 5.52. The van der Waals surface area contributed by atoms with Crippen molar-refractivity contribution in [2.45, 2.75) is 5.38 Å². The van der Waals surface area contributed by atoms with Crippen molar-refractivity contribution >= 4 is 29.1 Å². The van der Waals surface area contributed by atoms with Crippen LogP contribution in [0.4, 0.5) is 5.69 Å². The zero-order chi connectivity index (χ0) is 15.9. The molecule has 1 unspecified atom stereocenters. The minimum Gasteiger partial charge on any atom is -0.324 e. The number of anilines is 1. The van der Waals surface area contributed by atoms with Crippen molar-refractivity contribution in [3.63, 3.8) is 0 Å². The molecule has 0 aliphatic carbocycles. The standard InChI is InChI=1S/C16H15ClN2O3/c1-22-19-15(20)12-9-5-6-10-13(12)18-16(21)14(17)11-7-3-2-4-8-11/h2-10,14H,1H3,(H,18,21)(H,19,20). The molecule has 0 bridgehead atoms. The highest BCUT2D eigenvalue weighted by Crippen LogP contribution is 2.23. The highest BCUT2D eigenvalue weighted by molar-refractivity contribution is 6.32. The van der Waals surface area contributed by atoms with Crippen molar-refractivity contribution < 1.29 is 14.4 Å². The predicted octanol–water partition coefficient (Wildman–Crippen LogP) is 2.90. The van der Waals surface area contributed by atoms with Crippen LogP contribution >= 0.6 is 11.6 Å². The number of para-hydroxylation sites is 1. The van der Waals surface area contributed by atoms with Crippen LogP contribution in [0.15, 0.2) is 54.6 Å². The Bertz CT molecular complexity index is 661. The van der Waals surface area contributed by atoms with Crippen LogP contribution < -0.4 is 10.8 Å². The monoisotopic (exact) mass is 318 g/mol. The second kappa shape index (κ2) is 7.59. The first-order chi connectivity index (χ1) is 10.6. The normalized spacial score (nSPS) is 11.5. The second-order valence-electron chi connectivity index (χ2n) is 4.44. The van der Waals surface area contributed by atoms with Crippen LogP contribution in [0.1, 0.15) is 21.3 Å². The smallest absolute Gasteiger partial charge is 0.276 e.